The minimum absolute atomic E-state index is 0. The van der Waals surface area contributed by atoms with Crippen molar-refractivity contribution in [3.8, 4) is 11.3 Å². The number of halogens is 2. The van der Waals surface area contributed by atoms with Gasteiger partial charge in [-0.3, -0.25) is 4.79 Å². The molecule has 0 fully saturated rings. The van der Waals surface area contributed by atoms with E-state index in [0.717, 1.165) is 31.5 Å². The summed E-state index contributed by atoms with van der Waals surface area (Å²) in [5.74, 6) is 0.891. The molecule has 27 heavy (non-hydrogen) atoms. The molecule has 3 nitrogen and oxygen atoms in total. The van der Waals surface area contributed by atoms with E-state index in [1.165, 1.54) is 29.9 Å². The molecule has 0 radical (unpaired) electrons. The third kappa shape index (κ3) is 4.19. The Kier molecular flexibility index (Phi) is 6.22. The number of rotatable bonds is 4. The third-order valence-electron chi connectivity index (χ3n) is 5.04. The summed E-state index contributed by atoms with van der Waals surface area (Å²) in [6.07, 6.45) is 6.58. The Balaban J connectivity index is 0.00000210. The molecule has 0 aliphatic carbocycles. The number of aromatic nitrogens is 2. The molecule has 0 amide bonds. The molecule has 5 heteroatoms. The van der Waals surface area contributed by atoms with Gasteiger partial charge in [0.25, 0.3) is 5.82 Å². The molecular formula is C22H22BrFN2O. The van der Waals surface area contributed by atoms with Crippen LogP contribution in [0.2, 0.25) is 0 Å². The summed E-state index contributed by atoms with van der Waals surface area (Å²) >= 11 is 0. The summed E-state index contributed by atoms with van der Waals surface area (Å²) in [5, 5.41) is 0. The van der Waals surface area contributed by atoms with Crippen molar-refractivity contribution >= 4 is 5.78 Å². The molecule has 140 valence electrons. The number of nitrogens with zero attached hydrogens (tertiary/aromatic N) is 2. The van der Waals surface area contributed by atoms with Gasteiger partial charge in [0, 0.05) is 17.5 Å². The Labute approximate surface area is 169 Å². The van der Waals surface area contributed by atoms with Gasteiger partial charge in [-0.15, -0.1) is 0 Å². The van der Waals surface area contributed by atoms with Gasteiger partial charge in [-0.2, -0.15) is 0 Å². The SMILES string of the molecule is O=C(C[n+]1cc(-c2ccccc2)n2c1CCCCC2)c1ccc(F)cc1.[Br-]. The predicted octanol–water partition coefficient (Wildman–Crippen LogP) is 1.19. The molecule has 4 rings (SSSR count). The molecular weight excluding hydrogens is 407 g/mol. The van der Waals surface area contributed by atoms with Crippen LogP contribution in [0.5, 0.6) is 0 Å². The maximum Gasteiger partial charge on any atom is 0.257 e. The Morgan fingerprint density at radius 1 is 1.00 bits per heavy atom. The summed E-state index contributed by atoms with van der Waals surface area (Å²) in [4.78, 5) is 12.7. The van der Waals surface area contributed by atoms with Crippen LogP contribution < -0.4 is 21.5 Å². The highest BCUT2D eigenvalue weighted by atomic mass is 79.9. The van der Waals surface area contributed by atoms with Gasteiger partial charge in [0.15, 0.2) is 12.2 Å². The lowest BCUT2D eigenvalue weighted by Crippen LogP contribution is -3.00. The van der Waals surface area contributed by atoms with E-state index < -0.39 is 0 Å². The van der Waals surface area contributed by atoms with E-state index >= 15 is 0 Å². The second-order valence-corrected chi connectivity index (χ2v) is 6.82. The van der Waals surface area contributed by atoms with Gasteiger partial charge in [-0.05, 0) is 43.5 Å². The maximum atomic E-state index is 13.1. The highest BCUT2D eigenvalue weighted by molar-refractivity contribution is 5.95. The molecule has 3 aromatic rings. The van der Waals surface area contributed by atoms with Crippen molar-refractivity contribution in [2.75, 3.05) is 0 Å². The average molecular weight is 429 g/mol. The second-order valence-electron chi connectivity index (χ2n) is 6.82. The number of benzene rings is 2. The van der Waals surface area contributed by atoms with Gasteiger partial charge in [0.2, 0.25) is 5.78 Å². The van der Waals surface area contributed by atoms with E-state index in [9.17, 15) is 9.18 Å². The van der Waals surface area contributed by atoms with E-state index in [0.29, 0.717) is 5.56 Å². The summed E-state index contributed by atoms with van der Waals surface area (Å²) < 4.78 is 17.6. The fourth-order valence-corrected chi connectivity index (χ4v) is 3.70. The number of carbonyl (C=O) groups excluding carboxylic acids is 1. The van der Waals surface area contributed by atoms with Crippen LogP contribution in [-0.4, -0.2) is 10.4 Å². The maximum absolute atomic E-state index is 13.1. The fourth-order valence-electron chi connectivity index (χ4n) is 3.70. The van der Waals surface area contributed by atoms with Crippen molar-refractivity contribution < 1.29 is 30.7 Å². The molecule has 0 saturated heterocycles. The van der Waals surface area contributed by atoms with E-state index in [1.54, 1.807) is 12.1 Å². The van der Waals surface area contributed by atoms with Crippen molar-refractivity contribution in [3.05, 3.63) is 78.0 Å². The van der Waals surface area contributed by atoms with Crippen LogP contribution in [0.1, 0.15) is 35.4 Å². The molecule has 0 bridgehead atoms. The van der Waals surface area contributed by atoms with Crippen molar-refractivity contribution in [2.45, 2.75) is 38.8 Å². The average Bonchev–Trinajstić information content (AvgIpc) is 2.84. The van der Waals surface area contributed by atoms with Crippen LogP contribution in [0.4, 0.5) is 4.39 Å². The first kappa shape index (κ1) is 19.5. The first-order valence-electron chi connectivity index (χ1n) is 9.18. The fraction of sp³-hybridized carbons (Fsp3) is 0.273. The Morgan fingerprint density at radius 2 is 1.74 bits per heavy atom. The van der Waals surface area contributed by atoms with Crippen molar-refractivity contribution in [3.63, 3.8) is 0 Å². The molecule has 2 heterocycles. The van der Waals surface area contributed by atoms with Gasteiger partial charge in [-0.25, -0.2) is 13.5 Å². The zero-order valence-electron chi connectivity index (χ0n) is 15.1. The molecule has 0 unspecified atom stereocenters. The molecule has 1 aliphatic rings. The molecule has 0 saturated carbocycles. The molecule has 0 atom stereocenters. The van der Waals surface area contributed by atoms with Crippen LogP contribution in [0, 0.1) is 5.82 Å². The second kappa shape index (κ2) is 8.61. The minimum atomic E-state index is -0.321. The van der Waals surface area contributed by atoms with Crippen LogP contribution in [-0.2, 0) is 19.5 Å². The van der Waals surface area contributed by atoms with Crippen LogP contribution >= 0.6 is 0 Å². The number of Topliss-reactive ketones (excluding diaryl/α,β-unsaturated/α-hetero) is 1. The quantitative estimate of drug-likeness (QED) is 0.452. The Bertz CT molecular complexity index is 919. The molecule has 0 N–H and O–H groups in total. The largest absolute Gasteiger partial charge is 1.00 e. The van der Waals surface area contributed by atoms with Gasteiger partial charge in [0.1, 0.15) is 12.0 Å². The topological polar surface area (TPSA) is 25.9 Å². The summed E-state index contributed by atoms with van der Waals surface area (Å²) in [7, 11) is 0. The summed E-state index contributed by atoms with van der Waals surface area (Å²) in [6.45, 7) is 1.27. The first-order valence-corrected chi connectivity index (χ1v) is 9.18. The van der Waals surface area contributed by atoms with Gasteiger partial charge < -0.3 is 17.0 Å². The smallest absolute Gasteiger partial charge is 0.257 e. The van der Waals surface area contributed by atoms with Crippen molar-refractivity contribution in [2.24, 2.45) is 0 Å². The minimum Gasteiger partial charge on any atom is -1.00 e. The highest BCUT2D eigenvalue weighted by Gasteiger charge is 2.27. The van der Waals surface area contributed by atoms with Crippen LogP contribution in [0.15, 0.2) is 60.8 Å². The Morgan fingerprint density at radius 3 is 2.48 bits per heavy atom. The number of carbonyl (C=O) groups is 1. The summed E-state index contributed by atoms with van der Waals surface area (Å²) in [5.41, 5.74) is 2.88. The molecule has 1 aliphatic heterocycles. The van der Waals surface area contributed by atoms with Crippen molar-refractivity contribution in [1.29, 1.82) is 0 Å². The molecule has 2 aromatic carbocycles. The third-order valence-corrected chi connectivity index (χ3v) is 5.04. The lowest BCUT2D eigenvalue weighted by atomic mass is 10.1. The first-order chi connectivity index (χ1) is 12.7. The Hall–Kier alpha value is -2.27. The number of hydrogen-bond acceptors (Lipinski definition) is 1. The lowest BCUT2D eigenvalue weighted by molar-refractivity contribution is -0.690. The normalized spacial score (nSPS) is 13.4. The molecule has 1 aromatic heterocycles. The number of fused-ring (bicyclic) bond motifs is 1. The van der Waals surface area contributed by atoms with Crippen LogP contribution in [0.3, 0.4) is 0 Å². The number of imidazole rings is 1. The van der Waals surface area contributed by atoms with Crippen molar-refractivity contribution in [1.82, 2.24) is 4.57 Å². The lowest BCUT2D eigenvalue weighted by Gasteiger charge is -2.03. The van der Waals surface area contributed by atoms with E-state index in [2.05, 4.69) is 27.5 Å². The van der Waals surface area contributed by atoms with E-state index in [1.807, 2.05) is 18.2 Å². The molecule has 0 spiro atoms. The number of ketones is 1. The predicted molar refractivity (Wildman–Crippen MR) is 98.3 cm³/mol. The zero-order chi connectivity index (χ0) is 17.9. The standard InChI is InChI=1S/C22H22FN2O.BrH/c23-19-12-10-18(11-13-19)21(26)16-24-15-20(17-7-3-1-4-8-17)25-14-6-2-5-9-22(24)25;/h1,3-4,7-8,10-13,15H,2,5-6,9,14,16H2;1H/q+1;/p-1. The van der Waals surface area contributed by atoms with E-state index in [4.69, 9.17) is 0 Å². The van der Waals surface area contributed by atoms with Gasteiger partial charge in [-0.1, -0.05) is 30.3 Å². The highest BCUT2D eigenvalue weighted by Crippen LogP contribution is 2.24. The van der Waals surface area contributed by atoms with Crippen LogP contribution in [0.25, 0.3) is 11.3 Å². The monoisotopic (exact) mass is 428 g/mol. The number of hydrogen-bond donors (Lipinski definition) is 0. The van der Waals surface area contributed by atoms with Gasteiger partial charge >= 0.3 is 0 Å². The van der Waals surface area contributed by atoms with Gasteiger partial charge in [0.05, 0.1) is 6.54 Å². The van der Waals surface area contributed by atoms with E-state index in [-0.39, 0.29) is 35.1 Å². The summed E-state index contributed by atoms with van der Waals surface area (Å²) in [6, 6.07) is 16.1. The zero-order valence-corrected chi connectivity index (χ0v) is 16.7.